The molecule has 4 rings (SSSR count). The Labute approximate surface area is 159 Å². The number of rotatable bonds is 5. The summed E-state index contributed by atoms with van der Waals surface area (Å²) in [5.74, 6) is 2.65. The highest BCUT2D eigenvalue weighted by atomic mass is 15.3. The summed E-state index contributed by atoms with van der Waals surface area (Å²) >= 11 is 0. The van der Waals surface area contributed by atoms with Gasteiger partial charge in [-0.1, -0.05) is 0 Å². The van der Waals surface area contributed by atoms with E-state index in [4.69, 9.17) is 0 Å². The Hall–Kier alpha value is -2.95. The van der Waals surface area contributed by atoms with Gasteiger partial charge in [0.2, 0.25) is 0 Å². The van der Waals surface area contributed by atoms with Gasteiger partial charge < -0.3 is 14.7 Å². The van der Waals surface area contributed by atoms with Crippen LogP contribution in [-0.4, -0.2) is 59.2 Å². The molecule has 27 heavy (non-hydrogen) atoms. The van der Waals surface area contributed by atoms with E-state index in [1.165, 1.54) is 12.8 Å². The fourth-order valence-corrected chi connectivity index (χ4v) is 3.74. The molecule has 0 aromatic carbocycles. The first-order valence-electron chi connectivity index (χ1n) is 9.41. The first-order chi connectivity index (χ1) is 13.2. The van der Waals surface area contributed by atoms with Crippen LogP contribution in [0.25, 0.3) is 0 Å². The predicted molar refractivity (Wildman–Crippen MR) is 104 cm³/mol. The minimum atomic E-state index is 0.404. The number of piperidine rings is 1. The van der Waals surface area contributed by atoms with Gasteiger partial charge in [0, 0.05) is 57.7 Å². The van der Waals surface area contributed by atoms with E-state index in [-0.39, 0.29) is 0 Å². The third kappa shape index (κ3) is 3.63. The van der Waals surface area contributed by atoms with Gasteiger partial charge in [-0.05, 0) is 25.7 Å². The number of hydrogen-bond acceptors (Lipinski definition) is 8. The molecule has 0 radical (unpaired) electrons. The maximum atomic E-state index is 9.28. The second-order valence-corrected chi connectivity index (χ2v) is 7.33. The summed E-state index contributed by atoms with van der Waals surface area (Å²) in [4.78, 5) is 24.1. The number of hydrogen-bond donors (Lipinski definition) is 0. The Balaban J connectivity index is 1.50. The average molecular weight is 364 g/mol. The fraction of sp³-hybridized carbons (Fsp3) is 0.526. The van der Waals surface area contributed by atoms with E-state index >= 15 is 0 Å². The van der Waals surface area contributed by atoms with Gasteiger partial charge in [-0.2, -0.15) is 5.26 Å². The number of aromatic nitrogens is 4. The van der Waals surface area contributed by atoms with Crippen molar-refractivity contribution in [3.63, 3.8) is 0 Å². The van der Waals surface area contributed by atoms with Crippen molar-refractivity contribution >= 4 is 17.5 Å². The highest BCUT2D eigenvalue weighted by molar-refractivity contribution is 5.53. The molecule has 0 unspecified atom stereocenters. The summed E-state index contributed by atoms with van der Waals surface area (Å²) in [5, 5.41) is 9.28. The normalized spacial score (nSPS) is 17.4. The third-order valence-electron chi connectivity index (χ3n) is 5.24. The molecule has 0 spiro atoms. The molecule has 3 heterocycles. The molecule has 140 valence electrons. The molecule has 0 bridgehead atoms. The van der Waals surface area contributed by atoms with Crippen molar-refractivity contribution in [3.8, 4) is 6.07 Å². The van der Waals surface area contributed by atoms with E-state index in [1.54, 1.807) is 18.7 Å². The highest BCUT2D eigenvalue weighted by Crippen LogP contribution is 2.36. The molecule has 1 saturated carbocycles. The Morgan fingerprint density at radius 3 is 2.30 bits per heavy atom. The Bertz CT molecular complexity index is 834. The SMILES string of the molecule is CN(C)c1cc(N(C2CC2)C2CCN(c3nccnc3C#N)CC2)ncn1. The molecule has 0 amide bonds. The van der Waals surface area contributed by atoms with Gasteiger partial charge in [-0.15, -0.1) is 0 Å². The summed E-state index contributed by atoms with van der Waals surface area (Å²) in [6.45, 7) is 1.74. The van der Waals surface area contributed by atoms with Crippen LogP contribution in [0.15, 0.2) is 24.8 Å². The molecular formula is C19H24N8. The zero-order valence-corrected chi connectivity index (χ0v) is 15.8. The van der Waals surface area contributed by atoms with Crippen molar-refractivity contribution in [1.82, 2.24) is 19.9 Å². The van der Waals surface area contributed by atoms with Crippen LogP contribution in [0.3, 0.4) is 0 Å². The molecule has 2 aliphatic rings. The van der Waals surface area contributed by atoms with Crippen LogP contribution in [0.5, 0.6) is 0 Å². The summed E-state index contributed by atoms with van der Waals surface area (Å²) < 4.78 is 0. The molecule has 0 N–H and O–H groups in total. The molecule has 0 atom stereocenters. The Morgan fingerprint density at radius 2 is 1.63 bits per heavy atom. The van der Waals surface area contributed by atoms with Gasteiger partial charge in [0.1, 0.15) is 24.0 Å². The minimum absolute atomic E-state index is 0.404. The van der Waals surface area contributed by atoms with Crippen molar-refractivity contribution < 1.29 is 0 Å². The maximum Gasteiger partial charge on any atom is 0.183 e. The van der Waals surface area contributed by atoms with Crippen molar-refractivity contribution in [2.75, 3.05) is 41.9 Å². The maximum absolute atomic E-state index is 9.28. The number of anilines is 3. The Kier molecular flexibility index (Phi) is 4.75. The molecule has 8 nitrogen and oxygen atoms in total. The number of nitriles is 1. The predicted octanol–water partition coefficient (Wildman–Crippen LogP) is 1.84. The van der Waals surface area contributed by atoms with Crippen LogP contribution >= 0.6 is 0 Å². The van der Waals surface area contributed by atoms with Crippen LogP contribution in [0.1, 0.15) is 31.4 Å². The van der Waals surface area contributed by atoms with Gasteiger partial charge in [0.05, 0.1) is 0 Å². The largest absolute Gasteiger partial charge is 0.363 e. The van der Waals surface area contributed by atoms with Gasteiger partial charge in [0.15, 0.2) is 11.5 Å². The van der Waals surface area contributed by atoms with Gasteiger partial charge in [-0.25, -0.2) is 19.9 Å². The van der Waals surface area contributed by atoms with E-state index in [0.29, 0.717) is 23.6 Å². The molecule has 2 aromatic rings. The average Bonchev–Trinajstić information content (AvgIpc) is 3.54. The summed E-state index contributed by atoms with van der Waals surface area (Å²) in [5.41, 5.74) is 0.404. The molecule has 8 heteroatoms. The first-order valence-corrected chi connectivity index (χ1v) is 9.41. The second kappa shape index (κ2) is 7.35. The molecule has 1 saturated heterocycles. The topological polar surface area (TPSA) is 85.1 Å². The van der Waals surface area contributed by atoms with E-state index in [0.717, 1.165) is 37.6 Å². The number of nitrogens with zero attached hydrogens (tertiary/aromatic N) is 8. The molecule has 2 aromatic heterocycles. The first kappa shape index (κ1) is 17.5. The van der Waals surface area contributed by atoms with Crippen LogP contribution < -0.4 is 14.7 Å². The summed E-state index contributed by atoms with van der Waals surface area (Å²) in [6, 6.07) is 5.26. The van der Waals surface area contributed by atoms with Gasteiger partial charge in [-0.3, -0.25) is 0 Å². The Morgan fingerprint density at radius 1 is 0.963 bits per heavy atom. The zero-order valence-electron chi connectivity index (χ0n) is 15.8. The van der Waals surface area contributed by atoms with E-state index in [9.17, 15) is 5.26 Å². The van der Waals surface area contributed by atoms with Crippen molar-refractivity contribution in [3.05, 3.63) is 30.5 Å². The lowest BCUT2D eigenvalue weighted by atomic mass is 10.0. The summed E-state index contributed by atoms with van der Waals surface area (Å²) in [6.07, 6.45) is 9.37. The highest BCUT2D eigenvalue weighted by Gasteiger charge is 2.37. The van der Waals surface area contributed by atoms with Crippen LogP contribution in [0, 0.1) is 11.3 Å². The minimum Gasteiger partial charge on any atom is -0.363 e. The quantitative estimate of drug-likeness (QED) is 0.794. The lowest BCUT2D eigenvalue weighted by Gasteiger charge is -2.40. The molecular weight excluding hydrogens is 340 g/mol. The van der Waals surface area contributed by atoms with Crippen molar-refractivity contribution in [2.45, 2.75) is 37.8 Å². The smallest absolute Gasteiger partial charge is 0.183 e. The standard InChI is InChI=1S/C19H24N8/c1-25(2)17-11-18(24-13-23-17)27(14-3-4-14)15-5-9-26(10-6-15)19-16(12-20)21-7-8-22-19/h7-8,11,13-15H,3-6,9-10H2,1-2H3. The molecule has 1 aliphatic carbocycles. The van der Waals surface area contributed by atoms with Crippen molar-refractivity contribution in [2.24, 2.45) is 0 Å². The van der Waals surface area contributed by atoms with E-state index in [1.807, 2.05) is 19.0 Å². The molecule has 2 fully saturated rings. The van der Waals surface area contributed by atoms with E-state index in [2.05, 4.69) is 41.9 Å². The molecule has 1 aliphatic heterocycles. The van der Waals surface area contributed by atoms with Crippen LogP contribution in [0.4, 0.5) is 17.5 Å². The lowest BCUT2D eigenvalue weighted by Crippen LogP contribution is -2.47. The van der Waals surface area contributed by atoms with Gasteiger partial charge >= 0.3 is 0 Å². The second-order valence-electron chi connectivity index (χ2n) is 7.33. The lowest BCUT2D eigenvalue weighted by molar-refractivity contribution is 0.457. The third-order valence-corrected chi connectivity index (χ3v) is 5.24. The van der Waals surface area contributed by atoms with Crippen molar-refractivity contribution in [1.29, 1.82) is 5.26 Å². The van der Waals surface area contributed by atoms with Crippen LogP contribution in [-0.2, 0) is 0 Å². The zero-order chi connectivity index (χ0) is 18.8. The van der Waals surface area contributed by atoms with Crippen LogP contribution in [0.2, 0.25) is 0 Å². The fourth-order valence-electron chi connectivity index (χ4n) is 3.74. The van der Waals surface area contributed by atoms with E-state index < -0.39 is 0 Å². The summed E-state index contributed by atoms with van der Waals surface area (Å²) in [7, 11) is 4.00. The van der Waals surface area contributed by atoms with Gasteiger partial charge in [0.25, 0.3) is 0 Å². The monoisotopic (exact) mass is 364 g/mol.